The second kappa shape index (κ2) is 7.78. The Morgan fingerprint density at radius 2 is 1.83 bits per heavy atom. The molecule has 7 nitrogen and oxygen atoms in total. The van der Waals surface area contributed by atoms with Gasteiger partial charge in [0.2, 0.25) is 5.91 Å². The molecule has 1 rings (SSSR count). The molecule has 1 fully saturated rings. The van der Waals surface area contributed by atoms with Crippen molar-refractivity contribution >= 4 is 17.7 Å². The number of imide groups is 1. The van der Waals surface area contributed by atoms with Gasteiger partial charge in [0.1, 0.15) is 0 Å². The molecule has 0 bridgehead atoms. The Bertz CT molecular complexity index is 313. The normalized spacial score (nSPS) is 16.1. The van der Waals surface area contributed by atoms with E-state index in [-0.39, 0.29) is 25.0 Å². The van der Waals surface area contributed by atoms with Crippen molar-refractivity contribution in [2.45, 2.75) is 19.3 Å². The third-order valence-corrected chi connectivity index (χ3v) is 2.77. The van der Waals surface area contributed by atoms with Gasteiger partial charge < -0.3 is 15.7 Å². The summed E-state index contributed by atoms with van der Waals surface area (Å²) in [5.41, 5.74) is 0. The molecule has 0 atom stereocenters. The lowest BCUT2D eigenvalue weighted by Gasteiger charge is -2.21. The molecule has 18 heavy (non-hydrogen) atoms. The smallest absolute Gasteiger partial charge is 0.315 e. The number of nitrogens with one attached hydrogen (secondary N) is 3. The zero-order valence-electron chi connectivity index (χ0n) is 10.2. The SMILES string of the molecule is O=C(NCCCO)C(=O)NC(=O)C1CCNCC1. The van der Waals surface area contributed by atoms with Gasteiger partial charge in [-0.3, -0.25) is 19.7 Å². The molecule has 0 spiro atoms. The van der Waals surface area contributed by atoms with E-state index in [1.165, 1.54) is 0 Å². The molecular weight excluding hydrogens is 238 g/mol. The summed E-state index contributed by atoms with van der Waals surface area (Å²) < 4.78 is 0. The van der Waals surface area contributed by atoms with Crippen molar-refractivity contribution in [1.29, 1.82) is 0 Å². The van der Waals surface area contributed by atoms with Crippen molar-refractivity contribution in [2.24, 2.45) is 5.92 Å². The Hall–Kier alpha value is -1.47. The molecule has 1 heterocycles. The van der Waals surface area contributed by atoms with Crippen molar-refractivity contribution < 1.29 is 19.5 Å². The number of piperidine rings is 1. The Labute approximate surface area is 105 Å². The van der Waals surface area contributed by atoms with E-state index in [1.807, 2.05) is 0 Å². The van der Waals surface area contributed by atoms with Crippen molar-refractivity contribution in [2.75, 3.05) is 26.2 Å². The van der Waals surface area contributed by atoms with Gasteiger partial charge in [-0.2, -0.15) is 0 Å². The van der Waals surface area contributed by atoms with Gasteiger partial charge in [-0.15, -0.1) is 0 Å². The van der Waals surface area contributed by atoms with E-state index in [9.17, 15) is 14.4 Å². The molecule has 1 saturated heterocycles. The minimum absolute atomic E-state index is 0.0596. The summed E-state index contributed by atoms with van der Waals surface area (Å²) in [6, 6.07) is 0. The van der Waals surface area contributed by atoms with Gasteiger partial charge >= 0.3 is 11.8 Å². The highest BCUT2D eigenvalue weighted by Gasteiger charge is 2.24. The number of hydrogen-bond donors (Lipinski definition) is 4. The first-order valence-electron chi connectivity index (χ1n) is 6.09. The first kappa shape index (κ1) is 14.6. The predicted octanol–water partition coefficient (Wildman–Crippen LogP) is -1.87. The van der Waals surface area contributed by atoms with E-state index in [2.05, 4.69) is 16.0 Å². The number of amides is 3. The monoisotopic (exact) mass is 257 g/mol. The highest BCUT2D eigenvalue weighted by Crippen LogP contribution is 2.10. The fourth-order valence-corrected chi connectivity index (χ4v) is 1.72. The van der Waals surface area contributed by atoms with E-state index >= 15 is 0 Å². The molecule has 7 heteroatoms. The molecule has 3 amide bonds. The second-order valence-corrected chi connectivity index (χ2v) is 4.18. The fraction of sp³-hybridized carbons (Fsp3) is 0.727. The van der Waals surface area contributed by atoms with E-state index in [1.54, 1.807) is 0 Å². The summed E-state index contributed by atoms with van der Waals surface area (Å²) in [5, 5.41) is 16.0. The van der Waals surface area contributed by atoms with Crippen molar-refractivity contribution in [3.05, 3.63) is 0 Å². The van der Waals surface area contributed by atoms with Gasteiger partial charge in [-0.25, -0.2) is 0 Å². The predicted molar refractivity (Wildman–Crippen MR) is 63.5 cm³/mol. The number of carbonyl (C=O) groups excluding carboxylic acids is 3. The van der Waals surface area contributed by atoms with Gasteiger partial charge in [0.25, 0.3) is 0 Å². The van der Waals surface area contributed by atoms with Crippen LogP contribution in [0.2, 0.25) is 0 Å². The largest absolute Gasteiger partial charge is 0.396 e. The van der Waals surface area contributed by atoms with E-state index < -0.39 is 11.8 Å². The third-order valence-electron chi connectivity index (χ3n) is 2.77. The minimum Gasteiger partial charge on any atom is -0.396 e. The number of rotatable bonds is 4. The first-order chi connectivity index (χ1) is 8.65. The molecule has 0 aromatic carbocycles. The van der Waals surface area contributed by atoms with Gasteiger partial charge in [0.15, 0.2) is 0 Å². The van der Waals surface area contributed by atoms with Crippen LogP contribution >= 0.6 is 0 Å². The molecule has 1 aliphatic rings. The lowest BCUT2D eigenvalue weighted by atomic mass is 9.97. The fourth-order valence-electron chi connectivity index (χ4n) is 1.72. The van der Waals surface area contributed by atoms with Gasteiger partial charge in [-0.1, -0.05) is 0 Å². The topological polar surface area (TPSA) is 108 Å². The molecule has 0 radical (unpaired) electrons. The van der Waals surface area contributed by atoms with Crippen LogP contribution in [0.4, 0.5) is 0 Å². The number of aliphatic hydroxyl groups excluding tert-OH is 1. The van der Waals surface area contributed by atoms with Gasteiger partial charge in [0.05, 0.1) is 0 Å². The minimum atomic E-state index is -0.934. The Balaban J connectivity index is 2.29. The highest BCUT2D eigenvalue weighted by atomic mass is 16.3. The summed E-state index contributed by atoms with van der Waals surface area (Å²) >= 11 is 0. The van der Waals surface area contributed by atoms with Crippen molar-refractivity contribution in [3.63, 3.8) is 0 Å². The molecule has 4 N–H and O–H groups in total. The third kappa shape index (κ3) is 4.80. The van der Waals surface area contributed by atoms with E-state index in [0.29, 0.717) is 19.3 Å². The van der Waals surface area contributed by atoms with Crippen LogP contribution in [0.3, 0.4) is 0 Å². The number of carbonyl (C=O) groups is 3. The quantitative estimate of drug-likeness (QED) is 0.348. The summed E-state index contributed by atoms with van der Waals surface area (Å²) in [6.07, 6.45) is 1.72. The zero-order chi connectivity index (χ0) is 13.4. The number of hydrogen-bond acceptors (Lipinski definition) is 5. The van der Waals surface area contributed by atoms with Crippen LogP contribution < -0.4 is 16.0 Å². The Kier molecular flexibility index (Phi) is 6.31. The van der Waals surface area contributed by atoms with Crippen LogP contribution in [0.1, 0.15) is 19.3 Å². The van der Waals surface area contributed by atoms with Crippen LogP contribution in [-0.2, 0) is 14.4 Å². The van der Waals surface area contributed by atoms with Crippen LogP contribution in [0.5, 0.6) is 0 Å². The molecule has 0 aromatic heterocycles. The maximum atomic E-state index is 11.7. The van der Waals surface area contributed by atoms with Gasteiger partial charge in [0, 0.05) is 19.1 Å². The molecule has 102 valence electrons. The van der Waals surface area contributed by atoms with E-state index in [0.717, 1.165) is 13.1 Å². The standard InChI is InChI=1S/C11H19N3O4/c15-7-1-4-13-10(17)11(18)14-9(16)8-2-5-12-6-3-8/h8,12,15H,1-7H2,(H,13,17)(H,14,16,18). The molecule has 0 aliphatic carbocycles. The summed E-state index contributed by atoms with van der Waals surface area (Å²) in [6.45, 7) is 1.64. The van der Waals surface area contributed by atoms with Crippen LogP contribution in [0.15, 0.2) is 0 Å². The van der Waals surface area contributed by atoms with E-state index in [4.69, 9.17) is 5.11 Å². The maximum Gasteiger partial charge on any atom is 0.315 e. The molecule has 1 aliphatic heterocycles. The Morgan fingerprint density at radius 3 is 2.44 bits per heavy atom. The molecule has 0 unspecified atom stereocenters. The molecular formula is C11H19N3O4. The summed E-state index contributed by atoms with van der Waals surface area (Å²) in [4.78, 5) is 34.3. The molecule has 0 saturated carbocycles. The highest BCUT2D eigenvalue weighted by molar-refractivity contribution is 6.37. The number of aliphatic hydroxyl groups is 1. The maximum absolute atomic E-state index is 11.7. The zero-order valence-corrected chi connectivity index (χ0v) is 10.2. The lowest BCUT2D eigenvalue weighted by molar-refractivity contribution is -0.143. The second-order valence-electron chi connectivity index (χ2n) is 4.18. The van der Waals surface area contributed by atoms with Crippen LogP contribution in [0.25, 0.3) is 0 Å². The first-order valence-corrected chi connectivity index (χ1v) is 6.09. The average molecular weight is 257 g/mol. The molecule has 0 aromatic rings. The lowest BCUT2D eigenvalue weighted by Crippen LogP contribution is -2.46. The van der Waals surface area contributed by atoms with Crippen LogP contribution in [0, 0.1) is 5.92 Å². The summed E-state index contributed by atoms with van der Waals surface area (Å²) in [5.74, 6) is -2.37. The summed E-state index contributed by atoms with van der Waals surface area (Å²) in [7, 11) is 0. The van der Waals surface area contributed by atoms with Crippen LogP contribution in [-0.4, -0.2) is 49.1 Å². The van der Waals surface area contributed by atoms with Crippen molar-refractivity contribution in [3.8, 4) is 0 Å². The Morgan fingerprint density at radius 1 is 1.17 bits per heavy atom. The van der Waals surface area contributed by atoms with Crippen molar-refractivity contribution in [1.82, 2.24) is 16.0 Å². The average Bonchev–Trinajstić information content (AvgIpc) is 2.39. The van der Waals surface area contributed by atoms with Gasteiger partial charge in [-0.05, 0) is 32.4 Å².